The number of carbonyl (C=O) groups is 3. The van der Waals surface area contributed by atoms with Crippen LogP contribution >= 0.6 is 11.6 Å². The van der Waals surface area contributed by atoms with Crippen molar-refractivity contribution in [3.63, 3.8) is 0 Å². The van der Waals surface area contributed by atoms with E-state index in [2.05, 4.69) is 15.3 Å². The number of anilines is 1. The maximum atomic E-state index is 12.8. The van der Waals surface area contributed by atoms with Crippen molar-refractivity contribution in [3.8, 4) is 0 Å². The fourth-order valence-corrected chi connectivity index (χ4v) is 2.98. The second-order valence-corrected chi connectivity index (χ2v) is 6.06. The minimum atomic E-state index is -1.31. The molecule has 7 nitrogen and oxygen atoms in total. The Bertz CT molecular complexity index is 776. The van der Waals surface area contributed by atoms with Crippen LogP contribution in [0.25, 0.3) is 0 Å². The van der Waals surface area contributed by atoms with Gasteiger partial charge >= 0.3 is 5.97 Å². The number of methoxy groups -OCH3 is 1. The lowest BCUT2D eigenvalue weighted by molar-refractivity contribution is -0.133. The number of nitrogens with one attached hydrogen (secondary N) is 1. The largest absolute Gasteiger partial charge is 0.464 e. The van der Waals surface area contributed by atoms with Gasteiger partial charge in [-0.3, -0.25) is 15.0 Å². The van der Waals surface area contributed by atoms with E-state index in [4.69, 9.17) is 11.6 Å². The standard InChI is InChI=1S/C15H14ClN3O4/c1-7-4-5-8(6-9(7)16)19-12(20)10-11(13(21)23-3)17-18-15(10,2)14(19)22/h4-6,10,18H,1-3H3/t10-,15-/m0/s1. The Morgan fingerprint density at radius 2 is 2.13 bits per heavy atom. The Balaban J connectivity index is 2.05. The first kappa shape index (κ1) is 15.5. The predicted octanol–water partition coefficient (Wildman–Crippen LogP) is 1.03. The SMILES string of the molecule is COC(=O)C1=NN[C@]2(C)C(=O)N(c3ccc(C)c(Cl)c3)C(=O)[C@H]12. The van der Waals surface area contributed by atoms with Crippen LogP contribution in [-0.4, -0.2) is 36.1 Å². The lowest BCUT2D eigenvalue weighted by Gasteiger charge is -2.20. The summed E-state index contributed by atoms with van der Waals surface area (Å²) in [6.45, 7) is 3.35. The van der Waals surface area contributed by atoms with Crippen LogP contribution in [0.4, 0.5) is 5.69 Å². The number of ether oxygens (including phenoxy) is 1. The lowest BCUT2D eigenvalue weighted by Crippen LogP contribution is -2.48. The fourth-order valence-electron chi connectivity index (χ4n) is 2.81. The summed E-state index contributed by atoms with van der Waals surface area (Å²) in [5.41, 5.74) is 2.39. The second-order valence-electron chi connectivity index (χ2n) is 5.65. The molecule has 2 aliphatic heterocycles. The van der Waals surface area contributed by atoms with Crippen molar-refractivity contribution in [2.75, 3.05) is 12.0 Å². The highest BCUT2D eigenvalue weighted by molar-refractivity contribution is 6.47. The summed E-state index contributed by atoms with van der Waals surface area (Å²) in [5, 5.41) is 4.27. The van der Waals surface area contributed by atoms with E-state index in [0.29, 0.717) is 10.7 Å². The summed E-state index contributed by atoms with van der Waals surface area (Å²) >= 11 is 6.08. The van der Waals surface area contributed by atoms with Gasteiger partial charge in [0.25, 0.3) is 5.91 Å². The molecule has 1 aromatic carbocycles. The molecular weight excluding hydrogens is 322 g/mol. The first-order valence-corrected chi connectivity index (χ1v) is 7.26. The Morgan fingerprint density at radius 3 is 2.74 bits per heavy atom. The molecule has 2 heterocycles. The molecule has 0 aliphatic carbocycles. The topological polar surface area (TPSA) is 88.1 Å². The van der Waals surface area contributed by atoms with Crippen molar-refractivity contribution in [2.45, 2.75) is 19.4 Å². The molecule has 0 spiro atoms. The zero-order valence-electron chi connectivity index (χ0n) is 12.7. The van der Waals surface area contributed by atoms with Crippen LogP contribution < -0.4 is 10.3 Å². The maximum absolute atomic E-state index is 12.8. The molecule has 120 valence electrons. The normalized spacial score (nSPS) is 26.0. The van der Waals surface area contributed by atoms with E-state index in [-0.39, 0.29) is 5.71 Å². The van der Waals surface area contributed by atoms with Crippen molar-refractivity contribution in [2.24, 2.45) is 11.0 Å². The number of hydrazone groups is 1. The number of nitrogens with zero attached hydrogens (tertiary/aromatic N) is 2. The number of imide groups is 1. The Labute approximate surface area is 137 Å². The molecule has 2 amide bonds. The van der Waals surface area contributed by atoms with E-state index < -0.39 is 29.2 Å². The van der Waals surface area contributed by atoms with E-state index in [0.717, 1.165) is 10.5 Å². The quantitative estimate of drug-likeness (QED) is 0.644. The molecule has 2 aliphatic rings. The molecule has 0 unspecified atom stereocenters. The van der Waals surface area contributed by atoms with Gasteiger partial charge in [0.15, 0.2) is 5.71 Å². The number of hydrogen-bond acceptors (Lipinski definition) is 6. The van der Waals surface area contributed by atoms with Gasteiger partial charge in [-0.15, -0.1) is 0 Å². The number of fused-ring (bicyclic) bond motifs is 1. The van der Waals surface area contributed by atoms with Gasteiger partial charge in [0.2, 0.25) is 5.91 Å². The summed E-state index contributed by atoms with van der Waals surface area (Å²) in [6, 6.07) is 4.90. The zero-order chi connectivity index (χ0) is 16.9. The molecular formula is C15H14ClN3O4. The van der Waals surface area contributed by atoms with Crippen LogP contribution in [0.5, 0.6) is 0 Å². The molecule has 1 fully saturated rings. The van der Waals surface area contributed by atoms with Crippen LogP contribution in [-0.2, 0) is 19.1 Å². The highest BCUT2D eigenvalue weighted by Crippen LogP contribution is 2.38. The summed E-state index contributed by atoms with van der Waals surface area (Å²) in [4.78, 5) is 38.3. The van der Waals surface area contributed by atoms with Gasteiger partial charge < -0.3 is 4.74 Å². The first-order chi connectivity index (χ1) is 10.8. The van der Waals surface area contributed by atoms with Gasteiger partial charge in [0.05, 0.1) is 12.8 Å². The minimum absolute atomic E-state index is 0.103. The fraction of sp³-hybridized carbons (Fsp3) is 0.333. The zero-order valence-corrected chi connectivity index (χ0v) is 13.5. The van der Waals surface area contributed by atoms with Crippen molar-refractivity contribution >= 4 is 40.8 Å². The van der Waals surface area contributed by atoms with Gasteiger partial charge in [-0.2, -0.15) is 5.10 Å². The first-order valence-electron chi connectivity index (χ1n) is 6.89. The van der Waals surface area contributed by atoms with Gasteiger partial charge in [-0.05, 0) is 31.5 Å². The van der Waals surface area contributed by atoms with Crippen LogP contribution in [0.1, 0.15) is 12.5 Å². The highest BCUT2D eigenvalue weighted by atomic mass is 35.5. The van der Waals surface area contributed by atoms with Gasteiger partial charge in [0, 0.05) is 5.02 Å². The summed E-state index contributed by atoms with van der Waals surface area (Å²) in [5.74, 6) is -2.79. The smallest absolute Gasteiger partial charge is 0.355 e. The third-order valence-corrected chi connectivity index (χ3v) is 4.59. The van der Waals surface area contributed by atoms with E-state index >= 15 is 0 Å². The number of hydrogen-bond donors (Lipinski definition) is 1. The number of amides is 2. The summed E-state index contributed by atoms with van der Waals surface area (Å²) < 4.78 is 4.63. The van der Waals surface area contributed by atoms with Crippen LogP contribution in [0, 0.1) is 12.8 Å². The third-order valence-electron chi connectivity index (χ3n) is 4.18. The molecule has 0 bridgehead atoms. The molecule has 23 heavy (non-hydrogen) atoms. The molecule has 2 atom stereocenters. The second kappa shape index (κ2) is 5.06. The van der Waals surface area contributed by atoms with Crippen molar-refractivity contribution in [1.82, 2.24) is 5.43 Å². The molecule has 1 N–H and O–H groups in total. The number of halogens is 1. The predicted molar refractivity (Wildman–Crippen MR) is 83.2 cm³/mol. The Kier molecular flexibility index (Phi) is 3.40. The van der Waals surface area contributed by atoms with E-state index in [1.54, 1.807) is 18.2 Å². The third kappa shape index (κ3) is 2.03. The number of rotatable bonds is 2. The van der Waals surface area contributed by atoms with Crippen molar-refractivity contribution in [1.29, 1.82) is 0 Å². The van der Waals surface area contributed by atoms with E-state index in [1.165, 1.54) is 14.0 Å². The van der Waals surface area contributed by atoms with Gasteiger partial charge in [0.1, 0.15) is 11.5 Å². The molecule has 1 aromatic rings. The molecule has 3 rings (SSSR count). The number of esters is 1. The van der Waals surface area contributed by atoms with Gasteiger partial charge in [-0.1, -0.05) is 17.7 Å². The minimum Gasteiger partial charge on any atom is -0.464 e. The number of aryl methyl sites for hydroxylation is 1. The average Bonchev–Trinajstić information content (AvgIpc) is 2.96. The monoisotopic (exact) mass is 335 g/mol. The van der Waals surface area contributed by atoms with Crippen LogP contribution in [0.15, 0.2) is 23.3 Å². The number of carbonyl (C=O) groups excluding carboxylic acids is 3. The summed E-state index contributed by atoms with van der Waals surface area (Å²) in [6.07, 6.45) is 0. The maximum Gasteiger partial charge on any atom is 0.355 e. The lowest BCUT2D eigenvalue weighted by atomic mass is 9.86. The molecule has 0 saturated carbocycles. The Morgan fingerprint density at radius 1 is 1.43 bits per heavy atom. The number of benzene rings is 1. The molecule has 8 heteroatoms. The Hall–Kier alpha value is -2.41. The molecule has 0 radical (unpaired) electrons. The van der Waals surface area contributed by atoms with Gasteiger partial charge in [-0.25, -0.2) is 9.69 Å². The highest BCUT2D eigenvalue weighted by Gasteiger charge is 2.63. The van der Waals surface area contributed by atoms with Crippen LogP contribution in [0.2, 0.25) is 5.02 Å². The van der Waals surface area contributed by atoms with E-state index in [9.17, 15) is 14.4 Å². The molecule has 0 aromatic heterocycles. The average molecular weight is 336 g/mol. The van der Waals surface area contributed by atoms with E-state index in [1.807, 2.05) is 6.92 Å². The van der Waals surface area contributed by atoms with Crippen molar-refractivity contribution in [3.05, 3.63) is 28.8 Å². The summed E-state index contributed by atoms with van der Waals surface area (Å²) in [7, 11) is 1.19. The van der Waals surface area contributed by atoms with Crippen LogP contribution in [0.3, 0.4) is 0 Å². The molecule has 1 saturated heterocycles. The van der Waals surface area contributed by atoms with Crippen molar-refractivity contribution < 1.29 is 19.1 Å².